The second kappa shape index (κ2) is 5.72. The minimum absolute atomic E-state index is 0.0942. The second-order valence-corrected chi connectivity index (χ2v) is 5.29. The van der Waals surface area contributed by atoms with E-state index in [0.29, 0.717) is 18.8 Å². The maximum absolute atomic E-state index is 11.4. The van der Waals surface area contributed by atoms with E-state index in [1.807, 2.05) is 0 Å². The number of carbonyl (C=O) groups is 1. The minimum atomic E-state index is -0.0942. The van der Waals surface area contributed by atoms with Crippen LogP contribution < -0.4 is 7.44 Å². The molecule has 4 nitrogen and oxygen atoms in total. The van der Waals surface area contributed by atoms with Gasteiger partial charge >= 0.3 is 98.6 Å². The molecule has 66 valence electrons. The van der Waals surface area contributed by atoms with Crippen molar-refractivity contribution in [3.63, 3.8) is 0 Å². The first kappa shape index (κ1) is 11.1. The fourth-order valence-corrected chi connectivity index (χ4v) is 2.12. The third-order valence-corrected chi connectivity index (χ3v) is 3.49. The van der Waals surface area contributed by atoms with Crippen LogP contribution in [0.15, 0.2) is 5.51 Å². The maximum atomic E-state index is 11.4. The van der Waals surface area contributed by atoms with E-state index in [2.05, 4.69) is 10.3 Å². The molecule has 0 atom stereocenters. The van der Waals surface area contributed by atoms with Gasteiger partial charge in [-0.2, -0.15) is 0 Å². The van der Waals surface area contributed by atoms with E-state index in [9.17, 15) is 4.79 Å². The molecule has 1 heterocycles. The van der Waals surface area contributed by atoms with Crippen LogP contribution in [0.4, 0.5) is 0 Å². The molecule has 0 bridgehead atoms. The molecule has 1 N–H and O–H groups in total. The number of rotatable bonds is 4. The quantitative estimate of drug-likeness (QED) is 0.526. The second-order valence-electron chi connectivity index (χ2n) is 2.51. The van der Waals surface area contributed by atoms with Crippen molar-refractivity contribution >= 4 is 47.3 Å². The van der Waals surface area contributed by atoms with Gasteiger partial charge in [0.05, 0.1) is 0 Å². The Morgan fingerprint density at radius 2 is 2.62 bits per heavy atom. The topological polar surface area (TPSA) is 51.2 Å². The number of thiazole rings is 1. The van der Waals surface area contributed by atoms with Crippen LogP contribution in [0.25, 0.3) is 0 Å². The van der Waals surface area contributed by atoms with E-state index in [0.717, 1.165) is 30.1 Å². The molecule has 1 amide bonds. The molecule has 1 rings (SSSR count). The average molecular weight is 208 g/mol. The van der Waals surface area contributed by atoms with Crippen LogP contribution in [-0.2, 0) is 4.74 Å². The molecule has 6 heteroatoms. The summed E-state index contributed by atoms with van der Waals surface area (Å²) >= 11 is 2.40. The summed E-state index contributed by atoms with van der Waals surface area (Å²) in [4.78, 5) is 15.4. The van der Waals surface area contributed by atoms with Crippen LogP contribution >= 0.6 is 11.3 Å². The number of amides is 1. The molecule has 0 saturated heterocycles. The third kappa shape index (κ3) is 3.36. The number of methoxy groups -OCH3 is 1. The van der Waals surface area contributed by atoms with Crippen molar-refractivity contribution in [2.75, 3.05) is 20.3 Å². The van der Waals surface area contributed by atoms with Gasteiger partial charge < -0.3 is 0 Å². The van der Waals surface area contributed by atoms with E-state index in [-0.39, 0.29) is 5.91 Å². The van der Waals surface area contributed by atoms with E-state index in [1.165, 1.54) is 11.3 Å². The SMILES string of the molecule is COCCNC(=O)c1ncs[c]1[Na]. The normalized spacial score (nSPS) is 10.1. The first-order chi connectivity index (χ1) is 6.25. The zero-order chi connectivity index (χ0) is 9.68. The van der Waals surface area contributed by atoms with Crippen molar-refractivity contribution < 1.29 is 9.53 Å². The van der Waals surface area contributed by atoms with Crippen molar-refractivity contribution in [1.29, 1.82) is 0 Å². The Morgan fingerprint density at radius 1 is 1.85 bits per heavy atom. The van der Waals surface area contributed by atoms with Gasteiger partial charge in [0, 0.05) is 0 Å². The van der Waals surface area contributed by atoms with Gasteiger partial charge in [-0.3, -0.25) is 0 Å². The molecule has 0 radical (unpaired) electrons. The van der Waals surface area contributed by atoms with Gasteiger partial charge in [0.2, 0.25) is 0 Å². The molecule has 0 spiro atoms. The zero-order valence-electron chi connectivity index (χ0n) is 7.66. The summed E-state index contributed by atoms with van der Waals surface area (Å²) in [6.45, 7) is 1.07. The first-order valence-electron chi connectivity index (χ1n) is 3.93. The Balaban J connectivity index is 2.45. The van der Waals surface area contributed by atoms with Crippen molar-refractivity contribution in [3.8, 4) is 0 Å². The van der Waals surface area contributed by atoms with Gasteiger partial charge in [-0.15, -0.1) is 0 Å². The number of aromatic nitrogens is 1. The first-order valence-corrected chi connectivity index (χ1v) is 5.81. The van der Waals surface area contributed by atoms with Gasteiger partial charge in [0.25, 0.3) is 0 Å². The summed E-state index contributed by atoms with van der Waals surface area (Å²) in [7, 11) is 1.60. The van der Waals surface area contributed by atoms with E-state index < -0.39 is 0 Å². The van der Waals surface area contributed by atoms with Crippen molar-refractivity contribution in [2.45, 2.75) is 0 Å². The Labute approximate surface area is 98.1 Å². The number of nitrogens with zero attached hydrogens (tertiary/aromatic N) is 1. The Morgan fingerprint density at radius 3 is 3.15 bits per heavy atom. The van der Waals surface area contributed by atoms with Crippen LogP contribution in [-0.4, -0.2) is 59.1 Å². The van der Waals surface area contributed by atoms with Gasteiger partial charge in [0.1, 0.15) is 0 Å². The summed E-state index contributed by atoms with van der Waals surface area (Å²) in [6.07, 6.45) is 0. The summed E-state index contributed by atoms with van der Waals surface area (Å²) in [5, 5.41) is 2.73. The Kier molecular flexibility index (Phi) is 4.90. The van der Waals surface area contributed by atoms with Gasteiger partial charge in [-0.05, 0) is 0 Å². The van der Waals surface area contributed by atoms with Crippen molar-refractivity contribution in [1.82, 2.24) is 10.3 Å². The molecule has 1 aromatic rings. The summed E-state index contributed by atoms with van der Waals surface area (Å²) < 4.78 is 5.89. The summed E-state index contributed by atoms with van der Waals surface area (Å²) in [6, 6.07) is 0. The van der Waals surface area contributed by atoms with E-state index in [4.69, 9.17) is 4.74 Å². The van der Waals surface area contributed by atoms with Crippen molar-refractivity contribution in [2.24, 2.45) is 0 Å². The summed E-state index contributed by atoms with van der Waals surface area (Å²) in [5.74, 6) is -0.0942. The molecule has 13 heavy (non-hydrogen) atoms. The van der Waals surface area contributed by atoms with Crippen molar-refractivity contribution in [3.05, 3.63) is 11.2 Å². The van der Waals surface area contributed by atoms with E-state index in [1.54, 1.807) is 12.6 Å². The third-order valence-electron chi connectivity index (χ3n) is 1.55. The number of hydrogen-bond donors (Lipinski definition) is 1. The Bertz CT molecular complexity index is 290. The van der Waals surface area contributed by atoms with Crippen LogP contribution in [0.5, 0.6) is 0 Å². The number of hydrogen-bond acceptors (Lipinski definition) is 4. The standard InChI is InChI=1S/C7H9N2O2S.Na/c1-11-3-2-8-7(10)6-4-12-5-9-6;/h5H,2-3H2,1H3,(H,8,10);. The van der Waals surface area contributed by atoms with Crippen LogP contribution in [0.2, 0.25) is 0 Å². The molecule has 0 saturated carbocycles. The molecule has 0 aliphatic carbocycles. The predicted octanol–water partition coefficient (Wildman–Crippen LogP) is -0.687. The molecule has 0 aromatic carbocycles. The predicted molar refractivity (Wildman–Crippen MR) is 51.7 cm³/mol. The van der Waals surface area contributed by atoms with E-state index >= 15 is 0 Å². The van der Waals surface area contributed by atoms with Crippen LogP contribution in [0, 0.1) is 0 Å². The molecular formula is C7H9N2NaO2S. The van der Waals surface area contributed by atoms with Gasteiger partial charge in [0.15, 0.2) is 0 Å². The number of nitrogens with one attached hydrogen (secondary N) is 1. The Hall–Kier alpha value is 0.0600. The van der Waals surface area contributed by atoms with Crippen LogP contribution in [0.3, 0.4) is 0 Å². The molecule has 0 aliphatic rings. The number of ether oxygens (including phenoxy) is 1. The van der Waals surface area contributed by atoms with Gasteiger partial charge in [-0.1, -0.05) is 0 Å². The summed E-state index contributed by atoms with van der Waals surface area (Å²) in [5.41, 5.74) is 2.28. The zero-order valence-corrected chi connectivity index (χ0v) is 10.5. The molecule has 0 unspecified atom stereocenters. The fraction of sp³-hybridized carbons (Fsp3) is 0.429. The van der Waals surface area contributed by atoms with Crippen LogP contribution in [0.1, 0.15) is 10.5 Å². The average Bonchev–Trinajstić information content (AvgIpc) is 2.52. The molecular weight excluding hydrogens is 199 g/mol. The van der Waals surface area contributed by atoms with Gasteiger partial charge in [-0.25, -0.2) is 0 Å². The molecule has 0 fully saturated rings. The fourth-order valence-electron chi connectivity index (χ4n) is 0.874. The number of carbonyl (C=O) groups excluding carboxylic acids is 1. The molecule has 0 aliphatic heterocycles. The molecule has 1 aromatic heterocycles. The monoisotopic (exact) mass is 208 g/mol.